The van der Waals surface area contributed by atoms with E-state index < -0.39 is 17.9 Å². The van der Waals surface area contributed by atoms with Gasteiger partial charge in [0, 0.05) is 12.6 Å². The van der Waals surface area contributed by atoms with Crippen molar-refractivity contribution in [2.24, 2.45) is 22.2 Å². The van der Waals surface area contributed by atoms with E-state index in [0.29, 0.717) is 5.75 Å². The molecular weight excluding hydrogens is 356 g/mol. The van der Waals surface area contributed by atoms with Gasteiger partial charge in [0.25, 0.3) is 5.92 Å². The Hall–Kier alpha value is -1.45. The van der Waals surface area contributed by atoms with Crippen molar-refractivity contribution in [2.45, 2.75) is 86.0 Å². The molecule has 2 nitrogen and oxygen atoms in total. The highest BCUT2D eigenvalue weighted by atomic mass is 19.3. The summed E-state index contributed by atoms with van der Waals surface area (Å²) in [5.74, 6) is -0.549. The Bertz CT molecular complexity index is 672. The Kier molecular flexibility index (Phi) is 7.64. The topological polar surface area (TPSA) is 21.6 Å². The predicted octanol–water partition coefficient (Wildman–Crippen LogP) is 7.67. The van der Waals surface area contributed by atoms with E-state index in [0.717, 1.165) is 35.1 Å². The molecule has 1 aliphatic rings. The molecule has 158 valence electrons. The van der Waals surface area contributed by atoms with Crippen LogP contribution < -0.4 is 4.74 Å². The molecule has 0 amide bonds. The van der Waals surface area contributed by atoms with Gasteiger partial charge >= 0.3 is 0 Å². The molecule has 28 heavy (non-hydrogen) atoms. The third-order valence-corrected chi connectivity index (χ3v) is 5.43. The van der Waals surface area contributed by atoms with E-state index in [1.807, 2.05) is 53.0 Å². The fraction of sp³-hybridized carbons (Fsp3) is 0.708. The van der Waals surface area contributed by atoms with Crippen LogP contribution in [0.4, 0.5) is 14.5 Å². The molecule has 0 N–H and O–H groups in total. The molecule has 0 bridgehead atoms. The van der Waals surface area contributed by atoms with Crippen LogP contribution in [-0.2, 0) is 0 Å². The molecule has 1 atom stereocenters. The highest BCUT2D eigenvalue weighted by Gasteiger charge is 2.35. The van der Waals surface area contributed by atoms with Gasteiger partial charge in [-0.25, -0.2) is 8.78 Å². The van der Waals surface area contributed by atoms with E-state index in [2.05, 4.69) is 11.9 Å². The maximum Gasteiger partial charge on any atom is 0.281 e. The second-order valence-electron chi connectivity index (χ2n) is 9.68. The lowest BCUT2D eigenvalue weighted by atomic mass is 9.89. The summed E-state index contributed by atoms with van der Waals surface area (Å²) in [6, 6.07) is 3.76. The summed E-state index contributed by atoms with van der Waals surface area (Å²) in [5, 5.41) is 0. The second-order valence-corrected chi connectivity index (χ2v) is 9.68. The minimum Gasteiger partial charge on any atom is -0.487 e. The molecule has 0 aliphatic heterocycles. The molecule has 0 radical (unpaired) electrons. The van der Waals surface area contributed by atoms with E-state index in [-0.39, 0.29) is 6.42 Å². The van der Waals surface area contributed by atoms with Crippen molar-refractivity contribution in [3.8, 4) is 5.75 Å². The number of aryl methyl sites for hydroxylation is 2. The zero-order valence-corrected chi connectivity index (χ0v) is 18.4. The third kappa shape index (κ3) is 7.52. The van der Waals surface area contributed by atoms with Gasteiger partial charge in [-0.3, -0.25) is 4.99 Å². The van der Waals surface area contributed by atoms with Gasteiger partial charge in [0.15, 0.2) is 6.61 Å². The third-order valence-electron chi connectivity index (χ3n) is 5.43. The van der Waals surface area contributed by atoms with Crippen molar-refractivity contribution in [3.05, 3.63) is 23.3 Å². The summed E-state index contributed by atoms with van der Waals surface area (Å²) in [4.78, 5) is 4.62. The summed E-state index contributed by atoms with van der Waals surface area (Å²) in [6.07, 6.45) is 8.04. The number of nitrogens with zero attached hydrogens (tertiary/aromatic N) is 1. The van der Waals surface area contributed by atoms with Gasteiger partial charge in [0.1, 0.15) is 5.75 Å². The number of rotatable bonds is 10. The Balaban J connectivity index is 1.93. The monoisotopic (exact) mass is 393 g/mol. The Morgan fingerprint density at radius 1 is 1.18 bits per heavy atom. The minimum atomic E-state index is -2.84. The molecule has 0 spiro atoms. The van der Waals surface area contributed by atoms with Crippen LogP contribution in [0.1, 0.15) is 77.3 Å². The van der Waals surface area contributed by atoms with Gasteiger partial charge in [0.05, 0.1) is 5.69 Å². The van der Waals surface area contributed by atoms with Crippen LogP contribution in [-0.4, -0.2) is 18.7 Å². The van der Waals surface area contributed by atoms with Crippen molar-refractivity contribution in [1.29, 1.82) is 0 Å². The molecule has 1 saturated carbocycles. The van der Waals surface area contributed by atoms with Gasteiger partial charge in [-0.05, 0) is 80.0 Å². The summed E-state index contributed by atoms with van der Waals surface area (Å²) in [6.45, 7) is 11.0. The van der Waals surface area contributed by atoms with E-state index in [1.165, 1.54) is 25.7 Å². The smallest absolute Gasteiger partial charge is 0.281 e. The SMILES string of the molecule is CCC(CCC=Nc1cc(C)c(OCC(F)(F)CC(C)(C)C)cc1C)C1CC1. The molecule has 1 aromatic carbocycles. The van der Waals surface area contributed by atoms with Gasteiger partial charge in [-0.15, -0.1) is 0 Å². The van der Waals surface area contributed by atoms with Crippen molar-refractivity contribution < 1.29 is 13.5 Å². The average molecular weight is 394 g/mol. The lowest BCUT2D eigenvalue weighted by Gasteiger charge is -2.26. The number of aliphatic imine (C=N–C) groups is 1. The van der Waals surface area contributed by atoms with Gasteiger partial charge in [-0.1, -0.05) is 34.1 Å². The van der Waals surface area contributed by atoms with Crippen molar-refractivity contribution in [3.63, 3.8) is 0 Å². The molecule has 1 aromatic rings. The van der Waals surface area contributed by atoms with Crippen molar-refractivity contribution >= 4 is 11.9 Å². The van der Waals surface area contributed by atoms with Gasteiger partial charge in [0.2, 0.25) is 0 Å². The largest absolute Gasteiger partial charge is 0.487 e. The number of hydrogen-bond donors (Lipinski definition) is 0. The maximum absolute atomic E-state index is 14.1. The number of ether oxygens (including phenoxy) is 1. The van der Waals surface area contributed by atoms with Crippen LogP contribution in [0.2, 0.25) is 0 Å². The summed E-state index contributed by atoms with van der Waals surface area (Å²) >= 11 is 0. The maximum atomic E-state index is 14.1. The first-order chi connectivity index (χ1) is 13.0. The molecule has 1 unspecified atom stereocenters. The fourth-order valence-electron chi connectivity index (χ4n) is 3.87. The second kappa shape index (κ2) is 9.37. The van der Waals surface area contributed by atoms with Crippen LogP contribution in [0, 0.1) is 31.1 Å². The first-order valence-corrected chi connectivity index (χ1v) is 10.6. The zero-order chi connectivity index (χ0) is 20.9. The minimum absolute atomic E-state index is 0.194. The molecule has 0 aromatic heterocycles. The predicted molar refractivity (Wildman–Crippen MR) is 114 cm³/mol. The summed E-state index contributed by atoms with van der Waals surface area (Å²) < 4.78 is 33.7. The zero-order valence-electron chi connectivity index (χ0n) is 18.4. The van der Waals surface area contributed by atoms with Crippen LogP contribution in [0.25, 0.3) is 0 Å². The number of hydrogen-bond acceptors (Lipinski definition) is 2. The highest BCUT2D eigenvalue weighted by molar-refractivity contribution is 5.66. The van der Waals surface area contributed by atoms with Crippen LogP contribution in [0.5, 0.6) is 5.75 Å². The van der Waals surface area contributed by atoms with Crippen molar-refractivity contribution in [1.82, 2.24) is 0 Å². The Morgan fingerprint density at radius 3 is 2.43 bits per heavy atom. The first-order valence-electron chi connectivity index (χ1n) is 10.6. The number of benzene rings is 1. The van der Waals surface area contributed by atoms with E-state index in [9.17, 15) is 8.78 Å². The lowest BCUT2D eigenvalue weighted by molar-refractivity contribution is -0.0696. The van der Waals surface area contributed by atoms with Gasteiger partial charge in [-0.2, -0.15) is 0 Å². The summed E-state index contributed by atoms with van der Waals surface area (Å²) in [7, 11) is 0. The average Bonchev–Trinajstić information content (AvgIpc) is 3.39. The molecule has 0 heterocycles. The number of halogens is 2. The molecule has 1 aliphatic carbocycles. The van der Waals surface area contributed by atoms with Crippen LogP contribution in [0.15, 0.2) is 17.1 Å². The Labute approximate surface area is 169 Å². The van der Waals surface area contributed by atoms with E-state index >= 15 is 0 Å². The molecule has 0 saturated heterocycles. The normalized spacial score (nSPS) is 16.6. The molecule has 2 rings (SSSR count). The van der Waals surface area contributed by atoms with E-state index in [4.69, 9.17) is 4.74 Å². The van der Waals surface area contributed by atoms with Crippen LogP contribution in [0.3, 0.4) is 0 Å². The quantitative estimate of drug-likeness (QED) is 0.374. The van der Waals surface area contributed by atoms with Crippen molar-refractivity contribution in [2.75, 3.05) is 6.61 Å². The van der Waals surface area contributed by atoms with E-state index in [1.54, 1.807) is 0 Å². The summed E-state index contributed by atoms with van der Waals surface area (Å²) in [5.41, 5.74) is 2.25. The lowest BCUT2D eigenvalue weighted by Crippen LogP contribution is -2.31. The first kappa shape index (κ1) is 22.8. The molecule has 1 fully saturated rings. The highest BCUT2D eigenvalue weighted by Crippen LogP contribution is 2.40. The van der Waals surface area contributed by atoms with Gasteiger partial charge < -0.3 is 4.74 Å². The molecular formula is C24H37F2NO. The Morgan fingerprint density at radius 2 is 1.86 bits per heavy atom. The molecule has 4 heteroatoms. The standard InChI is InChI=1S/C24H37F2NO/c1-7-19(20-10-11-20)9-8-12-27-21-13-18(3)22(14-17(21)2)28-16-24(25,26)15-23(4,5)6/h12-14,19-20H,7-11,15-16H2,1-6H3. The van der Waals surface area contributed by atoms with Crippen LogP contribution >= 0.6 is 0 Å². The number of alkyl halides is 2. The fourth-order valence-corrected chi connectivity index (χ4v) is 3.87.